The zero-order valence-electron chi connectivity index (χ0n) is 12.6. The molecule has 1 fully saturated rings. The molecule has 0 aliphatic heterocycles. The van der Waals surface area contributed by atoms with Crippen LogP contribution in [0.2, 0.25) is 0 Å². The van der Waals surface area contributed by atoms with Crippen molar-refractivity contribution in [3.05, 3.63) is 35.4 Å². The summed E-state index contributed by atoms with van der Waals surface area (Å²) in [7, 11) is 0. The fraction of sp³-hybridized carbons (Fsp3) is 0.588. The predicted octanol–water partition coefficient (Wildman–Crippen LogP) is 3.90. The maximum atomic E-state index is 12.7. The van der Waals surface area contributed by atoms with Gasteiger partial charge in [0.1, 0.15) is 0 Å². The van der Waals surface area contributed by atoms with Gasteiger partial charge in [-0.15, -0.1) is 0 Å². The summed E-state index contributed by atoms with van der Waals surface area (Å²) in [6, 6.07) is 8.43. The molecule has 104 valence electrons. The van der Waals surface area contributed by atoms with Crippen LogP contribution in [0.25, 0.3) is 0 Å². The maximum absolute atomic E-state index is 12.7. The molecule has 1 aliphatic rings. The third kappa shape index (κ3) is 2.83. The first kappa shape index (κ1) is 14.1. The molecule has 1 aromatic carbocycles. The zero-order chi connectivity index (χ0) is 14.0. The second-order valence-electron chi connectivity index (χ2n) is 6.33. The van der Waals surface area contributed by atoms with Crippen molar-refractivity contribution in [2.45, 2.75) is 53.0 Å². The van der Waals surface area contributed by atoms with Crippen LogP contribution in [-0.4, -0.2) is 23.4 Å². The molecule has 1 saturated carbocycles. The molecule has 0 N–H and O–H groups in total. The van der Waals surface area contributed by atoms with E-state index in [1.54, 1.807) is 0 Å². The summed E-state index contributed by atoms with van der Waals surface area (Å²) in [6.45, 7) is 9.55. The van der Waals surface area contributed by atoms with Gasteiger partial charge in [0.25, 0.3) is 5.91 Å². The summed E-state index contributed by atoms with van der Waals surface area (Å²) >= 11 is 0. The van der Waals surface area contributed by atoms with Crippen molar-refractivity contribution in [2.24, 2.45) is 5.41 Å². The van der Waals surface area contributed by atoms with Crippen LogP contribution in [0.1, 0.15) is 56.5 Å². The molecule has 0 heterocycles. The van der Waals surface area contributed by atoms with E-state index in [0.29, 0.717) is 11.5 Å². The molecular formula is C17H25NO. The number of carbonyl (C=O) groups is 1. The average Bonchev–Trinajstić information content (AvgIpc) is 2.37. The Kier molecular flexibility index (Phi) is 3.98. The number of rotatable bonds is 4. The summed E-state index contributed by atoms with van der Waals surface area (Å²) in [5, 5.41) is 0. The van der Waals surface area contributed by atoms with E-state index in [2.05, 4.69) is 38.7 Å². The molecule has 1 amide bonds. The van der Waals surface area contributed by atoms with Gasteiger partial charge < -0.3 is 4.90 Å². The van der Waals surface area contributed by atoms with Crippen molar-refractivity contribution in [2.75, 3.05) is 6.54 Å². The van der Waals surface area contributed by atoms with Crippen molar-refractivity contribution in [3.63, 3.8) is 0 Å². The fourth-order valence-electron chi connectivity index (χ4n) is 3.20. The summed E-state index contributed by atoms with van der Waals surface area (Å²) in [5.41, 5.74) is 2.45. The van der Waals surface area contributed by atoms with Gasteiger partial charge in [0.15, 0.2) is 0 Å². The maximum Gasteiger partial charge on any atom is 0.254 e. The summed E-state index contributed by atoms with van der Waals surface area (Å²) in [4.78, 5) is 14.8. The van der Waals surface area contributed by atoms with Crippen molar-refractivity contribution in [1.82, 2.24) is 4.90 Å². The SMILES string of the molecule is CCc1ccccc1C(=O)N(CC)C1CC(C)(C)C1. The molecule has 1 aliphatic carbocycles. The number of benzene rings is 1. The number of nitrogens with zero attached hydrogens (tertiary/aromatic N) is 1. The Hall–Kier alpha value is -1.31. The normalized spacial score (nSPS) is 17.9. The number of carbonyl (C=O) groups excluding carboxylic acids is 1. The quantitative estimate of drug-likeness (QED) is 0.803. The fourth-order valence-corrected chi connectivity index (χ4v) is 3.20. The van der Waals surface area contributed by atoms with Crippen LogP contribution in [0.15, 0.2) is 24.3 Å². The number of aryl methyl sites for hydroxylation is 1. The van der Waals surface area contributed by atoms with Gasteiger partial charge in [-0.05, 0) is 43.2 Å². The second-order valence-corrected chi connectivity index (χ2v) is 6.33. The molecule has 19 heavy (non-hydrogen) atoms. The Morgan fingerprint density at radius 2 is 1.89 bits per heavy atom. The van der Waals surface area contributed by atoms with E-state index in [1.165, 1.54) is 0 Å². The first-order valence-electron chi connectivity index (χ1n) is 7.37. The predicted molar refractivity (Wildman–Crippen MR) is 79.3 cm³/mol. The summed E-state index contributed by atoms with van der Waals surface area (Å²) in [5.74, 6) is 0.209. The van der Waals surface area contributed by atoms with E-state index in [9.17, 15) is 4.79 Å². The summed E-state index contributed by atoms with van der Waals surface area (Å²) < 4.78 is 0. The molecule has 2 nitrogen and oxygen atoms in total. The number of hydrogen-bond donors (Lipinski definition) is 0. The van der Waals surface area contributed by atoms with Crippen LogP contribution in [0.3, 0.4) is 0 Å². The molecule has 0 unspecified atom stereocenters. The lowest BCUT2D eigenvalue weighted by Gasteiger charge is -2.48. The highest BCUT2D eigenvalue weighted by atomic mass is 16.2. The third-order valence-electron chi connectivity index (χ3n) is 4.25. The molecule has 0 bridgehead atoms. The van der Waals surface area contributed by atoms with Gasteiger partial charge in [-0.25, -0.2) is 0 Å². The Labute approximate surface area is 116 Å². The lowest BCUT2D eigenvalue weighted by Crippen LogP contribution is -2.51. The molecule has 0 saturated heterocycles. The molecular weight excluding hydrogens is 234 g/mol. The molecule has 2 rings (SSSR count). The van der Waals surface area contributed by atoms with Crippen LogP contribution in [0, 0.1) is 5.41 Å². The van der Waals surface area contributed by atoms with E-state index in [1.807, 2.05) is 18.2 Å². The standard InChI is InChI=1S/C17H25NO/c1-5-13-9-7-8-10-15(13)16(19)18(6-2)14-11-17(3,4)12-14/h7-10,14H,5-6,11-12H2,1-4H3. The van der Waals surface area contributed by atoms with E-state index in [-0.39, 0.29) is 5.91 Å². The second kappa shape index (κ2) is 5.36. The summed E-state index contributed by atoms with van der Waals surface area (Å²) in [6.07, 6.45) is 3.16. The van der Waals surface area contributed by atoms with Gasteiger partial charge in [0.2, 0.25) is 0 Å². The average molecular weight is 259 g/mol. The van der Waals surface area contributed by atoms with Crippen LogP contribution >= 0.6 is 0 Å². The van der Waals surface area contributed by atoms with E-state index >= 15 is 0 Å². The first-order chi connectivity index (χ1) is 8.98. The molecule has 0 spiro atoms. The number of hydrogen-bond acceptors (Lipinski definition) is 1. The largest absolute Gasteiger partial charge is 0.336 e. The van der Waals surface area contributed by atoms with E-state index < -0.39 is 0 Å². The van der Waals surface area contributed by atoms with Crippen LogP contribution in [0.5, 0.6) is 0 Å². The van der Waals surface area contributed by atoms with Crippen LogP contribution in [-0.2, 0) is 6.42 Å². The smallest absolute Gasteiger partial charge is 0.254 e. The lowest BCUT2D eigenvalue weighted by atomic mass is 9.67. The van der Waals surface area contributed by atoms with Gasteiger partial charge in [-0.2, -0.15) is 0 Å². The first-order valence-corrected chi connectivity index (χ1v) is 7.37. The highest BCUT2D eigenvalue weighted by molar-refractivity contribution is 5.96. The van der Waals surface area contributed by atoms with E-state index in [0.717, 1.165) is 36.9 Å². The Morgan fingerprint density at radius 3 is 2.42 bits per heavy atom. The van der Waals surface area contributed by atoms with Crippen LogP contribution in [0.4, 0.5) is 0 Å². The topological polar surface area (TPSA) is 20.3 Å². The monoisotopic (exact) mass is 259 g/mol. The zero-order valence-corrected chi connectivity index (χ0v) is 12.6. The van der Waals surface area contributed by atoms with Gasteiger partial charge in [0, 0.05) is 18.2 Å². The van der Waals surface area contributed by atoms with E-state index in [4.69, 9.17) is 0 Å². The highest BCUT2D eigenvalue weighted by Crippen LogP contribution is 2.43. The highest BCUT2D eigenvalue weighted by Gasteiger charge is 2.40. The van der Waals surface area contributed by atoms with Gasteiger partial charge >= 0.3 is 0 Å². The third-order valence-corrected chi connectivity index (χ3v) is 4.25. The van der Waals surface area contributed by atoms with Crippen LogP contribution < -0.4 is 0 Å². The van der Waals surface area contributed by atoms with Crippen molar-refractivity contribution in [3.8, 4) is 0 Å². The van der Waals surface area contributed by atoms with Gasteiger partial charge in [-0.1, -0.05) is 39.0 Å². The minimum absolute atomic E-state index is 0.209. The molecule has 0 aromatic heterocycles. The van der Waals surface area contributed by atoms with Crippen molar-refractivity contribution >= 4 is 5.91 Å². The minimum atomic E-state index is 0.209. The number of amides is 1. The van der Waals surface area contributed by atoms with Crippen molar-refractivity contribution < 1.29 is 4.79 Å². The molecule has 0 radical (unpaired) electrons. The van der Waals surface area contributed by atoms with Crippen molar-refractivity contribution in [1.29, 1.82) is 0 Å². The molecule has 1 aromatic rings. The Bertz CT molecular complexity index is 456. The van der Waals surface area contributed by atoms with Gasteiger partial charge in [-0.3, -0.25) is 4.79 Å². The Balaban J connectivity index is 2.17. The lowest BCUT2D eigenvalue weighted by molar-refractivity contribution is 0.0241. The van der Waals surface area contributed by atoms with Gasteiger partial charge in [0.05, 0.1) is 0 Å². The molecule has 2 heteroatoms. The Morgan fingerprint density at radius 1 is 1.26 bits per heavy atom. The minimum Gasteiger partial charge on any atom is -0.336 e. The molecule has 0 atom stereocenters.